The van der Waals surface area contributed by atoms with Crippen LogP contribution in [0.1, 0.15) is 33.2 Å². The molecule has 0 aromatic heterocycles. The van der Waals surface area contributed by atoms with E-state index >= 15 is 0 Å². The van der Waals surface area contributed by atoms with Crippen LogP contribution in [0.15, 0.2) is 6.07 Å². The van der Waals surface area contributed by atoms with Crippen molar-refractivity contribution in [2.45, 2.75) is 13.3 Å². The van der Waals surface area contributed by atoms with Gasteiger partial charge in [-0.1, -0.05) is 6.92 Å². The molecule has 0 fully saturated rings. The number of ether oxygens (including phenoxy) is 2. The summed E-state index contributed by atoms with van der Waals surface area (Å²) in [5.74, 6) is -2.16. The summed E-state index contributed by atoms with van der Waals surface area (Å²) in [7, 11) is 2.74. The van der Waals surface area contributed by atoms with E-state index in [9.17, 15) is 9.59 Å². The third kappa shape index (κ3) is 2.22. The lowest BCUT2D eigenvalue weighted by Crippen LogP contribution is -2.13. The second kappa shape index (κ2) is 5.39. The summed E-state index contributed by atoms with van der Waals surface area (Å²) in [4.78, 5) is 22.3. The maximum absolute atomic E-state index is 11.2. The Morgan fingerprint density at radius 3 is 2.11 bits per heavy atom. The monoisotopic (exact) mass is 254 g/mol. The van der Waals surface area contributed by atoms with Crippen LogP contribution in [-0.2, 0) is 6.42 Å². The van der Waals surface area contributed by atoms with Gasteiger partial charge in [0, 0.05) is 5.56 Å². The highest BCUT2D eigenvalue weighted by atomic mass is 16.5. The van der Waals surface area contributed by atoms with E-state index in [4.69, 9.17) is 19.7 Å². The van der Waals surface area contributed by atoms with Crippen molar-refractivity contribution < 1.29 is 29.3 Å². The lowest BCUT2D eigenvalue weighted by atomic mass is 9.97. The smallest absolute Gasteiger partial charge is 0.336 e. The fraction of sp³-hybridized carbons (Fsp3) is 0.333. The van der Waals surface area contributed by atoms with Gasteiger partial charge in [0.1, 0.15) is 0 Å². The molecular formula is C12H14O6. The van der Waals surface area contributed by atoms with Gasteiger partial charge in [-0.05, 0) is 12.5 Å². The van der Waals surface area contributed by atoms with Crippen molar-refractivity contribution >= 4 is 11.9 Å². The number of aromatic carboxylic acids is 2. The SMILES string of the molecule is CCc1c(OC)c(OC)cc(C(=O)O)c1C(=O)O. The Kier molecular flexibility index (Phi) is 4.14. The maximum Gasteiger partial charge on any atom is 0.336 e. The number of methoxy groups -OCH3 is 2. The molecule has 0 saturated carbocycles. The van der Waals surface area contributed by atoms with E-state index in [0.717, 1.165) is 6.07 Å². The summed E-state index contributed by atoms with van der Waals surface area (Å²) in [6.45, 7) is 1.72. The fourth-order valence-corrected chi connectivity index (χ4v) is 1.82. The first kappa shape index (κ1) is 13.8. The molecule has 0 aliphatic heterocycles. The second-order valence-electron chi connectivity index (χ2n) is 3.48. The van der Waals surface area contributed by atoms with Crippen LogP contribution in [0.5, 0.6) is 11.5 Å². The van der Waals surface area contributed by atoms with Gasteiger partial charge in [0.05, 0.1) is 25.3 Å². The van der Waals surface area contributed by atoms with Gasteiger partial charge in [0.2, 0.25) is 0 Å². The van der Waals surface area contributed by atoms with Crippen molar-refractivity contribution in [3.63, 3.8) is 0 Å². The Bertz CT molecular complexity index is 492. The van der Waals surface area contributed by atoms with E-state index in [0.29, 0.717) is 12.0 Å². The van der Waals surface area contributed by atoms with E-state index in [1.54, 1.807) is 6.92 Å². The summed E-state index contributed by atoms with van der Waals surface area (Å²) in [6.07, 6.45) is 0.322. The molecule has 18 heavy (non-hydrogen) atoms. The summed E-state index contributed by atoms with van der Waals surface area (Å²) >= 11 is 0. The Morgan fingerprint density at radius 2 is 1.78 bits per heavy atom. The molecule has 1 rings (SSSR count). The number of carboxylic acids is 2. The van der Waals surface area contributed by atoms with Crippen LogP contribution in [0.25, 0.3) is 0 Å². The minimum absolute atomic E-state index is 0.205. The Morgan fingerprint density at radius 1 is 1.17 bits per heavy atom. The molecule has 1 aromatic rings. The number of hydrogen-bond acceptors (Lipinski definition) is 4. The first-order valence-electron chi connectivity index (χ1n) is 5.22. The van der Waals surface area contributed by atoms with E-state index in [1.807, 2.05) is 0 Å². The van der Waals surface area contributed by atoms with Gasteiger partial charge in [-0.15, -0.1) is 0 Å². The predicted octanol–water partition coefficient (Wildman–Crippen LogP) is 1.66. The molecule has 6 heteroatoms. The quantitative estimate of drug-likeness (QED) is 0.830. The van der Waals surface area contributed by atoms with Crippen LogP contribution in [0, 0.1) is 0 Å². The third-order valence-corrected chi connectivity index (χ3v) is 2.57. The van der Waals surface area contributed by atoms with Gasteiger partial charge < -0.3 is 19.7 Å². The van der Waals surface area contributed by atoms with Crippen LogP contribution in [0.3, 0.4) is 0 Å². The minimum Gasteiger partial charge on any atom is -0.493 e. The molecule has 0 aliphatic rings. The first-order chi connectivity index (χ1) is 8.47. The topological polar surface area (TPSA) is 93.1 Å². The van der Waals surface area contributed by atoms with E-state index in [-0.39, 0.29) is 22.6 Å². The maximum atomic E-state index is 11.2. The molecular weight excluding hydrogens is 240 g/mol. The highest BCUT2D eigenvalue weighted by Gasteiger charge is 2.26. The number of rotatable bonds is 5. The second-order valence-corrected chi connectivity index (χ2v) is 3.48. The van der Waals surface area contributed by atoms with Gasteiger partial charge in [-0.2, -0.15) is 0 Å². The van der Waals surface area contributed by atoms with Crippen LogP contribution in [0.4, 0.5) is 0 Å². The average molecular weight is 254 g/mol. The summed E-state index contributed by atoms with van der Waals surface area (Å²) < 4.78 is 10.1. The molecule has 98 valence electrons. The molecule has 0 spiro atoms. The van der Waals surface area contributed by atoms with Gasteiger partial charge in [-0.3, -0.25) is 0 Å². The zero-order valence-electron chi connectivity index (χ0n) is 10.3. The van der Waals surface area contributed by atoms with E-state index in [1.165, 1.54) is 14.2 Å². The minimum atomic E-state index is -1.32. The highest BCUT2D eigenvalue weighted by molar-refractivity contribution is 6.04. The van der Waals surface area contributed by atoms with Crippen molar-refractivity contribution in [1.82, 2.24) is 0 Å². The van der Waals surface area contributed by atoms with Crippen LogP contribution in [-0.4, -0.2) is 36.4 Å². The summed E-state index contributed by atoms with van der Waals surface area (Å²) in [5.41, 5.74) is -0.263. The van der Waals surface area contributed by atoms with Gasteiger partial charge in [-0.25, -0.2) is 9.59 Å². The highest BCUT2D eigenvalue weighted by Crippen LogP contribution is 2.36. The van der Waals surface area contributed by atoms with E-state index < -0.39 is 11.9 Å². The number of carboxylic acid groups (broad SMARTS) is 2. The number of carbonyl (C=O) groups is 2. The fourth-order valence-electron chi connectivity index (χ4n) is 1.82. The molecule has 6 nitrogen and oxygen atoms in total. The van der Waals surface area contributed by atoms with Crippen molar-refractivity contribution in [2.24, 2.45) is 0 Å². The summed E-state index contributed by atoms with van der Waals surface area (Å²) in [6, 6.07) is 1.16. The molecule has 0 unspecified atom stereocenters. The largest absolute Gasteiger partial charge is 0.493 e. The number of hydrogen-bond donors (Lipinski definition) is 2. The Hall–Kier alpha value is -2.24. The molecule has 1 aromatic carbocycles. The zero-order chi connectivity index (χ0) is 13.9. The van der Waals surface area contributed by atoms with Crippen LogP contribution in [0.2, 0.25) is 0 Å². The standard InChI is InChI=1S/C12H14O6/c1-4-6-9(12(15)16)7(11(13)14)5-8(17-2)10(6)18-3/h5H,4H2,1-3H3,(H,13,14)(H,15,16). The van der Waals surface area contributed by atoms with Crippen LogP contribution < -0.4 is 9.47 Å². The van der Waals surface area contributed by atoms with Gasteiger partial charge in [0.25, 0.3) is 0 Å². The van der Waals surface area contributed by atoms with Crippen molar-refractivity contribution in [3.05, 3.63) is 22.8 Å². The van der Waals surface area contributed by atoms with Gasteiger partial charge >= 0.3 is 11.9 Å². The van der Waals surface area contributed by atoms with Crippen molar-refractivity contribution in [3.8, 4) is 11.5 Å². The molecule has 2 N–H and O–H groups in total. The number of benzene rings is 1. The molecule has 0 aliphatic carbocycles. The average Bonchev–Trinajstić information content (AvgIpc) is 2.35. The van der Waals surface area contributed by atoms with Crippen molar-refractivity contribution in [1.29, 1.82) is 0 Å². The van der Waals surface area contributed by atoms with Gasteiger partial charge in [0.15, 0.2) is 11.5 Å². The molecule has 0 amide bonds. The Balaban J connectivity index is 3.74. The predicted molar refractivity (Wildman–Crippen MR) is 62.8 cm³/mol. The first-order valence-corrected chi connectivity index (χ1v) is 5.22. The normalized spacial score (nSPS) is 9.94. The third-order valence-electron chi connectivity index (χ3n) is 2.57. The molecule has 0 saturated heterocycles. The van der Waals surface area contributed by atoms with Crippen molar-refractivity contribution in [2.75, 3.05) is 14.2 Å². The molecule has 0 heterocycles. The van der Waals surface area contributed by atoms with Crippen LogP contribution >= 0.6 is 0 Å². The summed E-state index contributed by atoms with van der Waals surface area (Å²) in [5, 5.41) is 18.2. The Labute approximate surface area is 104 Å². The lowest BCUT2D eigenvalue weighted by Gasteiger charge is -2.16. The lowest BCUT2D eigenvalue weighted by molar-refractivity contribution is 0.0649. The van der Waals surface area contributed by atoms with E-state index in [2.05, 4.69) is 0 Å². The molecule has 0 radical (unpaired) electrons. The zero-order valence-corrected chi connectivity index (χ0v) is 10.3. The molecule has 0 bridgehead atoms. The molecule has 0 atom stereocenters.